The quantitative estimate of drug-likeness (QED) is 0.340. The largest absolute Gasteiger partial charge is 0.490 e. The maximum atomic E-state index is 10.6. The van der Waals surface area contributed by atoms with Gasteiger partial charge in [0.1, 0.15) is 0 Å². The normalized spacial score (nSPS) is 9.57. The molecule has 0 bridgehead atoms. The molecule has 0 amide bonds. The summed E-state index contributed by atoms with van der Waals surface area (Å²) in [7, 11) is 0. The van der Waals surface area contributed by atoms with Gasteiger partial charge in [0.05, 0.1) is 11.4 Å². The van der Waals surface area contributed by atoms with Crippen LogP contribution < -0.4 is 10.9 Å². The molecule has 0 unspecified atom stereocenters. The zero-order chi connectivity index (χ0) is 27.2. The predicted molar refractivity (Wildman–Crippen MR) is 105 cm³/mol. The van der Waals surface area contributed by atoms with Crippen molar-refractivity contribution in [2.45, 2.75) is 6.18 Å². The first kappa shape index (κ1) is 29.5. The number of nitro groups is 4. The summed E-state index contributed by atoms with van der Waals surface area (Å²) in [5.41, 5.74) is 4.56. The number of nitrogens with one attached hydrogen (secondary N) is 2. The number of carboxylic acid groups (broad SMARTS) is 1. The number of nitrogens with zero attached hydrogens (tertiary/aromatic N) is 6. The summed E-state index contributed by atoms with van der Waals surface area (Å²) >= 11 is 0. The molecule has 0 radical (unpaired) electrons. The molecule has 2 aromatic carbocycles. The number of halogens is 3. The molecular weight excluding hydrogens is 497 g/mol. The lowest BCUT2D eigenvalue weighted by Crippen LogP contribution is -2.40. The second-order valence-corrected chi connectivity index (χ2v) is 5.29. The molecule has 0 saturated carbocycles. The molecule has 18 nitrogen and oxygen atoms in total. The van der Waals surface area contributed by atoms with E-state index < -0.39 is 32.3 Å². The standard InChI is InChI=1S/2C6H6N4O4.C2HF3O2/c2*11-9(12)8(10(13)14)7-6-4-2-1-3-5-6;3-2(4,5)1(6)7/h2*1-5,7H;(H,6,7). The van der Waals surface area contributed by atoms with Crippen LogP contribution in [0.3, 0.4) is 0 Å². The summed E-state index contributed by atoms with van der Waals surface area (Å²) in [6.07, 6.45) is -5.08. The van der Waals surface area contributed by atoms with Gasteiger partial charge in [-0.05, 0) is 24.3 Å². The van der Waals surface area contributed by atoms with E-state index in [1.165, 1.54) is 24.3 Å². The Balaban J connectivity index is 0.000000526. The van der Waals surface area contributed by atoms with Crippen LogP contribution in [0.1, 0.15) is 0 Å². The average Bonchev–Trinajstić information content (AvgIpc) is 2.76. The van der Waals surface area contributed by atoms with Crippen molar-refractivity contribution < 1.29 is 43.2 Å². The number of rotatable bonds is 8. The van der Waals surface area contributed by atoms with Gasteiger partial charge in [-0.1, -0.05) is 36.4 Å². The summed E-state index contributed by atoms with van der Waals surface area (Å²) < 4.78 is 31.7. The number of para-hydroxylation sites is 2. The van der Waals surface area contributed by atoms with E-state index in [2.05, 4.69) is 0 Å². The average molecular weight is 510 g/mol. The van der Waals surface area contributed by atoms with Gasteiger partial charge in [-0.2, -0.15) is 24.0 Å². The lowest BCUT2D eigenvalue weighted by Gasteiger charge is -2.04. The second kappa shape index (κ2) is 13.8. The minimum atomic E-state index is -5.08. The number of carbonyl (C=O) groups is 1. The molecule has 0 fully saturated rings. The fraction of sp³-hybridized carbons (Fsp3) is 0.0714. The Morgan fingerprint density at radius 2 is 0.914 bits per heavy atom. The topological polar surface area (TPSA) is 240 Å². The maximum absolute atomic E-state index is 10.6. The maximum Gasteiger partial charge on any atom is 0.490 e. The fourth-order valence-corrected chi connectivity index (χ4v) is 1.54. The first-order chi connectivity index (χ1) is 16.2. The van der Waals surface area contributed by atoms with Gasteiger partial charge in [-0.3, -0.25) is 0 Å². The Kier molecular flexibility index (Phi) is 11.6. The summed E-state index contributed by atoms with van der Waals surface area (Å²) in [4.78, 5) is 49.6. The highest BCUT2D eigenvalue weighted by molar-refractivity contribution is 5.73. The van der Waals surface area contributed by atoms with Gasteiger partial charge >= 0.3 is 12.1 Å². The molecule has 0 heterocycles. The van der Waals surface area contributed by atoms with E-state index in [0.717, 1.165) is 0 Å². The summed E-state index contributed by atoms with van der Waals surface area (Å²) in [6.45, 7) is 0. The van der Waals surface area contributed by atoms with Crippen molar-refractivity contribution in [1.29, 1.82) is 0 Å². The molecule has 21 heteroatoms. The zero-order valence-corrected chi connectivity index (χ0v) is 16.7. The van der Waals surface area contributed by atoms with Crippen LogP contribution >= 0.6 is 0 Å². The molecule has 0 saturated heterocycles. The van der Waals surface area contributed by atoms with Crippen LogP contribution in [0.15, 0.2) is 60.7 Å². The number of hydrogen-bond donors (Lipinski definition) is 3. The molecular formula is C14H13F3N8O10. The molecule has 2 rings (SSSR count). The minimum absolute atomic E-state index is 0.265. The van der Waals surface area contributed by atoms with Crippen LogP contribution in [-0.2, 0) is 4.79 Å². The molecule has 35 heavy (non-hydrogen) atoms. The van der Waals surface area contributed by atoms with Gasteiger partial charge in [-0.25, -0.2) is 45.3 Å². The van der Waals surface area contributed by atoms with Crippen LogP contribution in [0.2, 0.25) is 0 Å². The Morgan fingerprint density at radius 3 is 1.09 bits per heavy atom. The zero-order valence-electron chi connectivity index (χ0n) is 16.7. The van der Waals surface area contributed by atoms with Gasteiger partial charge in [-0.15, -0.1) is 0 Å². The van der Waals surface area contributed by atoms with Gasteiger partial charge in [0.15, 0.2) is 0 Å². The fourth-order valence-electron chi connectivity index (χ4n) is 1.54. The van der Waals surface area contributed by atoms with E-state index in [1.807, 2.05) is 10.9 Å². The molecule has 0 atom stereocenters. The molecule has 0 aliphatic rings. The van der Waals surface area contributed by atoms with Crippen LogP contribution in [0, 0.1) is 40.5 Å². The van der Waals surface area contributed by atoms with Crippen molar-refractivity contribution in [3.8, 4) is 0 Å². The SMILES string of the molecule is O=C(O)C(F)(F)F.O=[N+]([O-])N(Nc1ccccc1)[N+](=O)[O-].O=[N+]([O-])N(Nc1ccccc1)[N+](=O)[O-]. The van der Waals surface area contributed by atoms with Crippen molar-refractivity contribution in [2.24, 2.45) is 0 Å². The summed E-state index contributed by atoms with van der Waals surface area (Å²) in [5.74, 6) is -2.76. The van der Waals surface area contributed by atoms with E-state index in [0.29, 0.717) is 0 Å². The number of benzene rings is 2. The number of hydrogen-bond acceptors (Lipinski definition) is 11. The van der Waals surface area contributed by atoms with Crippen molar-refractivity contribution in [2.75, 3.05) is 10.9 Å². The van der Waals surface area contributed by atoms with Crippen molar-refractivity contribution >= 4 is 17.3 Å². The number of aliphatic carboxylic acids is 1. The highest BCUT2D eigenvalue weighted by Gasteiger charge is 2.38. The third-order valence-corrected chi connectivity index (χ3v) is 2.87. The molecule has 2 aromatic rings. The van der Waals surface area contributed by atoms with Gasteiger partial charge in [0.2, 0.25) is 20.1 Å². The Labute approximate surface area is 190 Å². The number of anilines is 2. The van der Waals surface area contributed by atoms with E-state index >= 15 is 0 Å². The monoisotopic (exact) mass is 510 g/mol. The van der Waals surface area contributed by atoms with E-state index in [4.69, 9.17) is 9.90 Å². The number of alkyl halides is 3. The van der Waals surface area contributed by atoms with E-state index in [-0.39, 0.29) is 21.8 Å². The van der Waals surface area contributed by atoms with Crippen LogP contribution in [0.4, 0.5) is 24.5 Å². The third-order valence-electron chi connectivity index (χ3n) is 2.87. The van der Waals surface area contributed by atoms with Crippen LogP contribution in [-0.4, -0.2) is 47.8 Å². The summed E-state index contributed by atoms with van der Waals surface area (Å²) in [6, 6.07) is 15.7. The molecule has 0 aliphatic carbocycles. The van der Waals surface area contributed by atoms with Gasteiger partial charge < -0.3 is 5.11 Å². The molecule has 0 spiro atoms. The highest BCUT2D eigenvalue weighted by atomic mass is 19.4. The highest BCUT2D eigenvalue weighted by Crippen LogP contribution is 2.13. The van der Waals surface area contributed by atoms with Gasteiger partial charge in [0.25, 0.3) is 10.5 Å². The number of carboxylic acids is 1. The Hall–Kier alpha value is -5.50. The first-order valence-electron chi connectivity index (χ1n) is 8.27. The van der Waals surface area contributed by atoms with E-state index in [1.54, 1.807) is 36.4 Å². The third kappa shape index (κ3) is 12.2. The molecule has 3 N–H and O–H groups in total. The van der Waals surface area contributed by atoms with E-state index in [9.17, 15) is 53.6 Å². The van der Waals surface area contributed by atoms with Crippen LogP contribution in [0.5, 0.6) is 0 Å². The number of hydrazine groups is 6. The summed E-state index contributed by atoms with van der Waals surface area (Å²) in [5, 5.41) is 42.6. The smallest absolute Gasteiger partial charge is 0.475 e. The lowest BCUT2D eigenvalue weighted by molar-refractivity contribution is -0.900. The first-order valence-corrected chi connectivity index (χ1v) is 8.27. The van der Waals surface area contributed by atoms with Crippen molar-refractivity contribution in [3.05, 3.63) is 101 Å². The Morgan fingerprint density at radius 1 is 0.686 bits per heavy atom. The van der Waals surface area contributed by atoms with Crippen LogP contribution in [0.25, 0.3) is 0 Å². The van der Waals surface area contributed by atoms with Gasteiger partial charge in [0, 0.05) is 0 Å². The predicted octanol–water partition coefficient (Wildman–Crippen LogP) is 2.03. The molecule has 0 aromatic heterocycles. The van der Waals surface area contributed by atoms with Crippen molar-refractivity contribution in [1.82, 2.24) is 10.5 Å². The lowest BCUT2D eigenvalue weighted by atomic mass is 10.3. The molecule has 190 valence electrons. The van der Waals surface area contributed by atoms with Crippen molar-refractivity contribution in [3.63, 3.8) is 0 Å². The molecule has 0 aliphatic heterocycles. The minimum Gasteiger partial charge on any atom is -0.475 e. The second-order valence-electron chi connectivity index (χ2n) is 5.29. The Bertz CT molecular complexity index is 915.